The van der Waals surface area contributed by atoms with E-state index in [2.05, 4.69) is 34.5 Å². The Morgan fingerprint density at radius 3 is 2.81 bits per heavy atom. The molecule has 0 unspecified atom stereocenters. The third-order valence-electron chi connectivity index (χ3n) is 2.15. The van der Waals surface area contributed by atoms with Crippen LogP contribution in [0.1, 0.15) is 30.5 Å². The molecule has 0 spiro atoms. The Morgan fingerprint density at radius 2 is 2.25 bits per heavy atom. The first-order valence-corrected chi connectivity index (χ1v) is 6.04. The normalized spacial score (nSPS) is 11.0. The molecule has 1 N–H and O–H groups in total. The predicted molar refractivity (Wildman–Crippen MR) is 64.6 cm³/mol. The Kier molecular flexibility index (Phi) is 3.19. The van der Waals surface area contributed by atoms with Crippen LogP contribution in [0.15, 0.2) is 12.4 Å². The van der Waals surface area contributed by atoms with Gasteiger partial charge >= 0.3 is 0 Å². The minimum absolute atomic E-state index is 0.400. The van der Waals surface area contributed by atoms with E-state index < -0.39 is 0 Å². The van der Waals surface area contributed by atoms with E-state index in [0.717, 1.165) is 22.2 Å². The van der Waals surface area contributed by atoms with Gasteiger partial charge in [0.15, 0.2) is 0 Å². The van der Waals surface area contributed by atoms with Gasteiger partial charge in [0, 0.05) is 24.3 Å². The first kappa shape index (κ1) is 11.1. The van der Waals surface area contributed by atoms with Crippen LogP contribution >= 0.6 is 11.3 Å². The molecule has 0 bridgehead atoms. The van der Waals surface area contributed by atoms with Crippen LogP contribution < -0.4 is 5.32 Å². The number of hydrogen-bond acceptors (Lipinski definition) is 5. The van der Waals surface area contributed by atoms with E-state index in [-0.39, 0.29) is 0 Å². The maximum atomic E-state index is 4.28. The highest BCUT2D eigenvalue weighted by Gasteiger charge is 2.03. The molecule has 0 fully saturated rings. The molecule has 6 heteroatoms. The highest BCUT2D eigenvalue weighted by Crippen LogP contribution is 2.15. The average Bonchev–Trinajstić information content (AvgIpc) is 2.83. The molecule has 0 atom stereocenters. The summed E-state index contributed by atoms with van der Waals surface area (Å²) in [6.07, 6.45) is 3.92. The van der Waals surface area contributed by atoms with Gasteiger partial charge in [-0.25, -0.2) is 0 Å². The van der Waals surface area contributed by atoms with Gasteiger partial charge in [-0.05, 0) is 20.8 Å². The second-order valence-corrected chi connectivity index (χ2v) is 5.08. The van der Waals surface area contributed by atoms with E-state index in [1.54, 1.807) is 11.3 Å². The third kappa shape index (κ3) is 2.57. The Hall–Kier alpha value is -1.43. The molecule has 0 aliphatic rings. The summed E-state index contributed by atoms with van der Waals surface area (Å²) in [5, 5.41) is 17.3. The van der Waals surface area contributed by atoms with Crippen LogP contribution in [-0.4, -0.2) is 20.0 Å². The van der Waals surface area contributed by atoms with Gasteiger partial charge in [-0.2, -0.15) is 5.10 Å². The molecular weight excluding hydrogens is 222 g/mol. The number of aryl methyl sites for hydroxylation is 1. The standard InChI is InChI=1S/C10H15N5S/c1-7(2)15-6-9(5-12-15)4-11-10-14-13-8(3)16-10/h5-7H,4H2,1-3H3,(H,11,14). The molecule has 2 aromatic heterocycles. The lowest BCUT2D eigenvalue weighted by Gasteiger charge is -2.03. The van der Waals surface area contributed by atoms with E-state index in [4.69, 9.17) is 0 Å². The van der Waals surface area contributed by atoms with Crippen molar-refractivity contribution in [3.05, 3.63) is 23.0 Å². The first-order chi connectivity index (χ1) is 7.65. The smallest absolute Gasteiger partial charge is 0.205 e. The first-order valence-electron chi connectivity index (χ1n) is 5.22. The van der Waals surface area contributed by atoms with Crippen molar-refractivity contribution in [1.29, 1.82) is 0 Å². The molecule has 0 saturated heterocycles. The summed E-state index contributed by atoms with van der Waals surface area (Å²) >= 11 is 1.56. The molecule has 2 aromatic rings. The summed E-state index contributed by atoms with van der Waals surface area (Å²) in [7, 11) is 0. The molecule has 5 nitrogen and oxygen atoms in total. The number of nitrogens with zero attached hydrogens (tertiary/aromatic N) is 4. The maximum Gasteiger partial charge on any atom is 0.205 e. The van der Waals surface area contributed by atoms with Crippen LogP contribution in [0.5, 0.6) is 0 Å². The van der Waals surface area contributed by atoms with Gasteiger partial charge in [0.05, 0.1) is 6.20 Å². The monoisotopic (exact) mass is 237 g/mol. The highest BCUT2D eigenvalue weighted by atomic mass is 32.1. The molecule has 0 aliphatic heterocycles. The minimum atomic E-state index is 0.400. The molecule has 0 radical (unpaired) electrons. The van der Waals surface area contributed by atoms with Crippen molar-refractivity contribution in [3.63, 3.8) is 0 Å². The summed E-state index contributed by atoms with van der Waals surface area (Å²) in [6.45, 7) is 6.90. The van der Waals surface area contributed by atoms with Crippen LogP contribution in [0.4, 0.5) is 5.13 Å². The van der Waals surface area contributed by atoms with Crippen LogP contribution in [-0.2, 0) is 6.54 Å². The highest BCUT2D eigenvalue weighted by molar-refractivity contribution is 7.15. The van der Waals surface area contributed by atoms with Crippen molar-refractivity contribution in [2.24, 2.45) is 0 Å². The van der Waals surface area contributed by atoms with E-state index >= 15 is 0 Å². The number of hydrogen-bond donors (Lipinski definition) is 1. The number of nitrogens with one attached hydrogen (secondary N) is 1. The second-order valence-electron chi connectivity index (χ2n) is 3.90. The topological polar surface area (TPSA) is 55.6 Å². The van der Waals surface area contributed by atoms with Gasteiger partial charge in [-0.1, -0.05) is 11.3 Å². The number of rotatable bonds is 4. The lowest BCUT2D eigenvalue weighted by Crippen LogP contribution is -2.01. The Balaban J connectivity index is 1.94. The molecule has 2 heterocycles. The lowest BCUT2D eigenvalue weighted by atomic mass is 10.3. The molecular formula is C10H15N5S. The fourth-order valence-corrected chi connectivity index (χ4v) is 1.88. The lowest BCUT2D eigenvalue weighted by molar-refractivity contribution is 0.532. The van der Waals surface area contributed by atoms with Gasteiger partial charge in [-0.15, -0.1) is 10.2 Å². The van der Waals surface area contributed by atoms with Crippen molar-refractivity contribution in [1.82, 2.24) is 20.0 Å². The van der Waals surface area contributed by atoms with Crippen molar-refractivity contribution in [2.75, 3.05) is 5.32 Å². The quantitative estimate of drug-likeness (QED) is 0.886. The summed E-state index contributed by atoms with van der Waals surface area (Å²) in [4.78, 5) is 0. The van der Waals surface area contributed by atoms with Gasteiger partial charge in [-0.3, -0.25) is 4.68 Å². The molecule has 16 heavy (non-hydrogen) atoms. The van der Waals surface area contributed by atoms with Crippen LogP contribution in [0.25, 0.3) is 0 Å². The minimum Gasteiger partial charge on any atom is -0.356 e. The van der Waals surface area contributed by atoms with Crippen molar-refractivity contribution in [3.8, 4) is 0 Å². The zero-order valence-electron chi connectivity index (χ0n) is 9.64. The number of anilines is 1. The fourth-order valence-electron chi connectivity index (χ4n) is 1.30. The zero-order valence-corrected chi connectivity index (χ0v) is 10.5. The van der Waals surface area contributed by atoms with E-state index in [1.807, 2.05) is 24.0 Å². The van der Waals surface area contributed by atoms with Gasteiger partial charge in [0.25, 0.3) is 0 Å². The molecule has 0 aliphatic carbocycles. The SMILES string of the molecule is Cc1nnc(NCc2cnn(C(C)C)c2)s1. The van der Waals surface area contributed by atoms with Crippen molar-refractivity contribution < 1.29 is 0 Å². The largest absolute Gasteiger partial charge is 0.356 e. The third-order valence-corrected chi connectivity index (χ3v) is 2.95. The van der Waals surface area contributed by atoms with Crippen molar-refractivity contribution >= 4 is 16.5 Å². The molecule has 86 valence electrons. The average molecular weight is 237 g/mol. The molecule has 0 amide bonds. The second kappa shape index (κ2) is 4.61. The Labute approximate surface area is 98.5 Å². The number of aromatic nitrogens is 4. The van der Waals surface area contributed by atoms with Crippen LogP contribution in [0, 0.1) is 6.92 Å². The predicted octanol–water partition coefficient (Wildman–Crippen LogP) is 2.24. The summed E-state index contributed by atoms with van der Waals surface area (Å²) < 4.78 is 1.95. The van der Waals surface area contributed by atoms with Crippen LogP contribution in [0.3, 0.4) is 0 Å². The summed E-state index contributed by atoms with van der Waals surface area (Å²) in [5.41, 5.74) is 1.15. The van der Waals surface area contributed by atoms with Gasteiger partial charge in [0.2, 0.25) is 5.13 Å². The van der Waals surface area contributed by atoms with Gasteiger partial charge in [0.1, 0.15) is 5.01 Å². The van der Waals surface area contributed by atoms with E-state index in [9.17, 15) is 0 Å². The van der Waals surface area contributed by atoms with E-state index in [0.29, 0.717) is 6.04 Å². The summed E-state index contributed by atoms with van der Waals surface area (Å²) in [5.74, 6) is 0. The van der Waals surface area contributed by atoms with Crippen molar-refractivity contribution in [2.45, 2.75) is 33.4 Å². The zero-order chi connectivity index (χ0) is 11.5. The Bertz CT molecular complexity index is 459. The van der Waals surface area contributed by atoms with E-state index in [1.165, 1.54) is 0 Å². The van der Waals surface area contributed by atoms with Gasteiger partial charge < -0.3 is 5.32 Å². The van der Waals surface area contributed by atoms with Crippen LogP contribution in [0.2, 0.25) is 0 Å². The summed E-state index contributed by atoms with van der Waals surface area (Å²) in [6, 6.07) is 0.400. The fraction of sp³-hybridized carbons (Fsp3) is 0.500. The molecule has 0 saturated carbocycles. The maximum absolute atomic E-state index is 4.28. The molecule has 2 rings (SSSR count). The Morgan fingerprint density at radius 1 is 1.44 bits per heavy atom. The molecule has 0 aromatic carbocycles.